The Bertz CT molecular complexity index is 1930. The van der Waals surface area contributed by atoms with E-state index in [1.165, 1.54) is 0 Å². The molecule has 0 spiro atoms. The van der Waals surface area contributed by atoms with Gasteiger partial charge in [0.05, 0.1) is 29.9 Å². The molecule has 4 heterocycles. The molecular weight excluding hydrogens is 594 g/mol. The number of hydrogen-bond donors (Lipinski definition) is 0. The van der Waals surface area contributed by atoms with Crippen LogP contribution in [0.1, 0.15) is 16.7 Å². The van der Waals surface area contributed by atoms with Crippen LogP contribution in [-0.4, -0.2) is 63.1 Å². The fourth-order valence-corrected chi connectivity index (χ4v) is 8.68. The van der Waals surface area contributed by atoms with Gasteiger partial charge in [-0.05, 0) is 53.6 Å². The summed E-state index contributed by atoms with van der Waals surface area (Å²) in [5, 5.41) is 1.33. The Labute approximate surface area is 262 Å². The summed E-state index contributed by atoms with van der Waals surface area (Å²) in [4.78, 5) is 13.6. The molecule has 5 aromatic rings. The Balaban J connectivity index is 1.40. The van der Waals surface area contributed by atoms with Crippen molar-refractivity contribution in [3.05, 3.63) is 125 Å². The van der Waals surface area contributed by atoms with E-state index in [1.54, 1.807) is 35.8 Å². The van der Waals surface area contributed by atoms with Gasteiger partial charge in [0.15, 0.2) is 0 Å². The van der Waals surface area contributed by atoms with Gasteiger partial charge in [-0.25, -0.2) is 8.42 Å². The van der Waals surface area contributed by atoms with E-state index in [2.05, 4.69) is 31.9 Å². The molecule has 0 amide bonds. The van der Waals surface area contributed by atoms with Gasteiger partial charge in [0.1, 0.15) is 4.90 Å². The molecule has 44 heavy (non-hydrogen) atoms. The molecule has 0 N–H and O–H groups in total. The van der Waals surface area contributed by atoms with E-state index >= 15 is 0 Å². The molecule has 0 radical (unpaired) electrons. The molecule has 1 saturated heterocycles. The zero-order valence-electron chi connectivity index (χ0n) is 24.3. The number of hydrogen-bond acceptors (Lipinski definition) is 7. The number of nitrogens with zero attached hydrogens (tertiary/aromatic N) is 5. The lowest BCUT2D eigenvalue weighted by molar-refractivity contribution is 0.123. The van der Waals surface area contributed by atoms with Gasteiger partial charge in [-0.1, -0.05) is 54.1 Å². The smallest absolute Gasteiger partial charge is 0.266 e. The molecule has 3 aromatic carbocycles. The number of sulfonamides is 1. The predicted octanol–water partition coefficient (Wildman–Crippen LogP) is 5.70. The average Bonchev–Trinajstić information content (AvgIpc) is 3.41. The van der Waals surface area contributed by atoms with Crippen LogP contribution in [0.5, 0.6) is 0 Å². The minimum absolute atomic E-state index is 0.181. The first-order chi connectivity index (χ1) is 21.4. The monoisotopic (exact) mass is 625 g/mol. The van der Waals surface area contributed by atoms with Gasteiger partial charge in [0, 0.05) is 73.5 Å². The summed E-state index contributed by atoms with van der Waals surface area (Å²) in [5.41, 5.74) is 4.25. The normalized spacial score (nSPS) is 19.0. The van der Waals surface area contributed by atoms with Crippen molar-refractivity contribution < 1.29 is 13.2 Å². The first-order valence-corrected chi connectivity index (χ1v) is 16.4. The topological polar surface area (TPSA) is 78.9 Å². The van der Waals surface area contributed by atoms with Gasteiger partial charge in [-0.3, -0.25) is 19.2 Å². The Morgan fingerprint density at radius 1 is 0.864 bits per heavy atom. The van der Waals surface area contributed by atoms with Gasteiger partial charge in [0.25, 0.3) is 10.0 Å². The summed E-state index contributed by atoms with van der Waals surface area (Å²) in [6.07, 6.45) is 5.25. The second-order valence-corrected chi connectivity index (χ2v) is 13.4. The van der Waals surface area contributed by atoms with Crippen LogP contribution in [0.2, 0.25) is 5.02 Å². The van der Waals surface area contributed by atoms with Gasteiger partial charge in [-0.15, -0.1) is 0 Å². The molecule has 1 fully saturated rings. The van der Waals surface area contributed by atoms with E-state index in [4.69, 9.17) is 16.3 Å². The summed E-state index contributed by atoms with van der Waals surface area (Å²) in [6, 6.07) is 26.8. The molecule has 1 unspecified atom stereocenters. The van der Waals surface area contributed by atoms with Crippen molar-refractivity contribution in [1.82, 2.24) is 14.9 Å². The quantitative estimate of drug-likeness (QED) is 0.229. The van der Waals surface area contributed by atoms with Crippen molar-refractivity contribution in [3.63, 3.8) is 0 Å². The SMILES string of the molecule is COCc1ccccc1C1(N2CCN(c3ccncc3)CC2)CN(S(=O)(=O)c2cccc3cccnc23)c2ccc(Cl)cc21. The maximum absolute atomic E-state index is 14.7. The Hall–Kier alpha value is -4.02. The second-order valence-electron chi connectivity index (χ2n) is 11.1. The predicted molar refractivity (Wildman–Crippen MR) is 174 cm³/mol. The number of aromatic nitrogens is 2. The van der Waals surface area contributed by atoms with Crippen molar-refractivity contribution in [2.24, 2.45) is 0 Å². The maximum atomic E-state index is 14.7. The molecular formula is C34H32ClN5O3S. The molecule has 1 atom stereocenters. The number of pyridine rings is 2. The Morgan fingerprint density at radius 3 is 2.43 bits per heavy atom. The van der Waals surface area contributed by atoms with E-state index in [0.29, 0.717) is 35.9 Å². The molecule has 0 bridgehead atoms. The molecule has 10 heteroatoms. The second kappa shape index (κ2) is 11.5. The molecule has 2 aliphatic heterocycles. The highest BCUT2D eigenvalue weighted by atomic mass is 35.5. The summed E-state index contributed by atoms with van der Waals surface area (Å²) in [5.74, 6) is 0. The molecule has 2 aromatic heterocycles. The highest BCUT2D eigenvalue weighted by Gasteiger charge is 2.53. The number of halogens is 1. The van der Waals surface area contributed by atoms with E-state index in [1.807, 2.05) is 67.0 Å². The molecule has 0 saturated carbocycles. The Kier molecular flexibility index (Phi) is 7.50. The van der Waals surface area contributed by atoms with E-state index in [-0.39, 0.29) is 11.4 Å². The van der Waals surface area contributed by atoms with Crippen molar-refractivity contribution in [2.75, 3.05) is 49.0 Å². The number of para-hydroxylation sites is 1. The van der Waals surface area contributed by atoms with E-state index in [9.17, 15) is 8.42 Å². The summed E-state index contributed by atoms with van der Waals surface area (Å²) < 4.78 is 36.7. The van der Waals surface area contributed by atoms with Crippen LogP contribution in [0, 0.1) is 0 Å². The van der Waals surface area contributed by atoms with Crippen LogP contribution < -0.4 is 9.21 Å². The van der Waals surface area contributed by atoms with Gasteiger partial charge < -0.3 is 9.64 Å². The lowest BCUT2D eigenvalue weighted by atomic mass is 9.80. The number of piperazine rings is 1. The van der Waals surface area contributed by atoms with Gasteiger partial charge in [-0.2, -0.15) is 0 Å². The fourth-order valence-electron chi connectivity index (χ4n) is 6.83. The fraction of sp³-hybridized carbons (Fsp3) is 0.235. The van der Waals surface area contributed by atoms with Crippen LogP contribution in [0.4, 0.5) is 11.4 Å². The number of benzene rings is 3. The zero-order chi connectivity index (χ0) is 30.3. The minimum Gasteiger partial charge on any atom is -0.380 e. The van der Waals surface area contributed by atoms with E-state index < -0.39 is 15.6 Å². The molecule has 224 valence electrons. The molecule has 0 aliphatic carbocycles. The number of rotatable bonds is 7. The third kappa shape index (κ3) is 4.71. The standard InChI is InChI=1S/C34H32ClN5O3S/c1-43-23-26-6-2-3-9-29(26)34(39-20-18-38(19-21-39)28-13-16-36-17-14-28)24-40(31-12-11-27(35)22-30(31)34)44(41,42)32-10-4-7-25-8-5-15-37-33(25)32/h2-17,22H,18-21,23-24H2,1H3. The Morgan fingerprint density at radius 2 is 1.64 bits per heavy atom. The third-order valence-electron chi connectivity index (χ3n) is 8.82. The van der Waals surface area contributed by atoms with Gasteiger partial charge >= 0.3 is 0 Å². The molecule has 7 rings (SSSR count). The van der Waals surface area contributed by atoms with Gasteiger partial charge in [0.2, 0.25) is 0 Å². The minimum atomic E-state index is -4.04. The van der Waals surface area contributed by atoms with Crippen LogP contribution in [0.25, 0.3) is 10.9 Å². The first-order valence-electron chi connectivity index (χ1n) is 14.6. The van der Waals surface area contributed by atoms with E-state index in [0.717, 1.165) is 40.9 Å². The maximum Gasteiger partial charge on any atom is 0.266 e. The number of fused-ring (bicyclic) bond motifs is 2. The number of anilines is 2. The lowest BCUT2D eigenvalue weighted by Crippen LogP contribution is -2.58. The summed E-state index contributed by atoms with van der Waals surface area (Å²) in [6.45, 7) is 3.54. The summed E-state index contributed by atoms with van der Waals surface area (Å²) in [7, 11) is -2.35. The van der Waals surface area contributed by atoms with Crippen LogP contribution in [-0.2, 0) is 26.9 Å². The highest BCUT2D eigenvalue weighted by Crippen LogP contribution is 2.51. The number of ether oxygens (including phenoxy) is 1. The molecule has 2 aliphatic rings. The van der Waals surface area contributed by atoms with Crippen LogP contribution in [0.15, 0.2) is 108 Å². The zero-order valence-corrected chi connectivity index (χ0v) is 25.9. The first kappa shape index (κ1) is 28.7. The highest BCUT2D eigenvalue weighted by molar-refractivity contribution is 7.93. The van der Waals surface area contributed by atoms with Crippen LogP contribution >= 0.6 is 11.6 Å². The largest absolute Gasteiger partial charge is 0.380 e. The van der Waals surface area contributed by atoms with Crippen molar-refractivity contribution in [1.29, 1.82) is 0 Å². The van der Waals surface area contributed by atoms with Crippen molar-refractivity contribution in [3.8, 4) is 0 Å². The van der Waals surface area contributed by atoms with Crippen molar-refractivity contribution in [2.45, 2.75) is 17.0 Å². The molecule has 8 nitrogen and oxygen atoms in total. The lowest BCUT2D eigenvalue weighted by Gasteiger charge is -2.47. The average molecular weight is 626 g/mol. The third-order valence-corrected chi connectivity index (χ3v) is 10.8. The number of methoxy groups -OCH3 is 1. The van der Waals surface area contributed by atoms with Crippen molar-refractivity contribution >= 4 is 43.9 Å². The van der Waals surface area contributed by atoms with Crippen LogP contribution in [0.3, 0.4) is 0 Å². The summed E-state index contributed by atoms with van der Waals surface area (Å²) >= 11 is 6.70.